The van der Waals surface area contributed by atoms with Crippen molar-refractivity contribution < 1.29 is 57.2 Å². The van der Waals surface area contributed by atoms with Crippen LogP contribution in [0, 0.1) is 5.41 Å². The first-order valence-electron chi connectivity index (χ1n) is 12.9. The number of nitrogens with one attached hydrogen (secondary N) is 3. The first kappa shape index (κ1) is 37.4. The van der Waals surface area contributed by atoms with E-state index in [2.05, 4.69) is 35.7 Å². The first-order chi connectivity index (χ1) is 19.7. The second-order valence-electron chi connectivity index (χ2n) is 9.11. The Kier molecular flexibility index (Phi) is 18.1. The van der Waals surface area contributed by atoms with Gasteiger partial charge in [0.15, 0.2) is 0 Å². The number of carbonyl (C=O) groups excluding carboxylic acids is 6. The zero-order chi connectivity index (χ0) is 32.1. The van der Waals surface area contributed by atoms with Gasteiger partial charge in [-0.2, -0.15) is 0 Å². The van der Waals surface area contributed by atoms with Crippen LogP contribution in [0.25, 0.3) is 0 Å². The van der Waals surface area contributed by atoms with Crippen LogP contribution in [0.4, 0.5) is 14.4 Å². The van der Waals surface area contributed by atoms with E-state index in [1.165, 1.54) is 20.8 Å². The summed E-state index contributed by atoms with van der Waals surface area (Å²) in [7, 11) is 0. The zero-order valence-electron chi connectivity index (χ0n) is 24.6. The van der Waals surface area contributed by atoms with Crippen molar-refractivity contribution >= 4 is 36.2 Å². The molecule has 0 aliphatic heterocycles. The molecule has 3 amide bonds. The largest absolute Gasteiger partial charge is 0.460 e. The number of esters is 3. The van der Waals surface area contributed by atoms with E-state index < -0.39 is 41.6 Å². The molecule has 0 radical (unpaired) electrons. The average Bonchev–Trinajstić information content (AvgIpc) is 2.94. The lowest BCUT2D eigenvalue weighted by Gasteiger charge is -2.31. The molecule has 0 rings (SSSR count). The van der Waals surface area contributed by atoms with Crippen molar-refractivity contribution in [2.45, 2.75) is 34.1 Å². The Balaban J connectivity index is 5.00. The molecule has 42 heavy (non-hydrogen) atoms. The standard InChI is InChI=1S/C27H41N3O12/c1-8-27(15-40-24(34)28-9-12-37-21(31)18(2)3,16-41-25(35)29-10-13-38-22(32)19(4)5)17-42-26(36)30-11-14-39-23(33)20(6)7/h2,4,6,8-17H2,1,3,5,7H3,(H,28,34)(H,29,35)(H,30,36). The molecule has 15 heteroatoms. The summed E-state index contributed by atoms with van der Waals surface area (Å²) in [5, 5.41) is 7.21. The third-order valence-electron chi connectivity index (χ3n) is 5.14. The Morgan fingerprint density at radius 1 is 0.524 bits per heavy atom. The van der Waals surface area contributed by atoms with Gasteiger partial charge in [0, 0.05) is 16.7 Å². The number of hydrogen-bond acceptors (Lipinski definition) is 12. The van der Waals surface area contributed by atoms with Crippen molar-refractivity contribution in [2.75, 3.05) is 59.3 Å². The monoisotopic (exact) mass is 599 g/mol. The van der Waals surface area contributed by atoms with Gasteiger partial charge in [-0.25, -0.2) is 28.8 Å². The lowest BCUT2D eigenvalue weighted by atomic mass is 9.88. The minimum absolute atomic E-state index is 0.0410. The highest BCUT2D eigenvalue weighted by Crippen LogP contribution is 2.24. The van der Waals surface area contributed by atoms with E-state index in [0.29, 0.717) is 0 Å². The van der Waals surface area contributed by atoms with Crippen LogP contribution in [-0.2, 0) is 42.8 Å². The highest BCUT2D eigenvalue weighted by molar-refractivity contribution is 5.87. The van der Waals surface area contributed by atoms with Gasteiger partial charge in [-0.3, -0.25) is 0 Å². The Labute approximate surface area is 244 Å². The number of amides is 3. The molecule has 0 aliphatic rings. The molecule has 3 N–H and O–H groups in total. The van der Waals surface area contributed by atoms with Crippen LogP contribution in [0.15, 0.2) is 36.5 Å². The van der Waals surface area contributed by atoms with Gasteiger partial charge in [-0.05, 0) is 27.2 Å². The second-order valence-corrected chi connectivity index (χ2v) is 9.11. The summed E-state index contributed by atoms with van der Waals surface area (Å²) in [5.41, 5.74) is -0.533. The van der Waals surface area contributed by atoms with Gasteiger partial charge < -0.3 is 44.4 Å². The lowest BCUT2D eigenvalue weighted by molar-refractivity contribution is -0.139. The molecular weight excluding hydrogens is 558 g/mol. The smallest absolute Gasteiger partial charge is 0.407 e. The summed E-state index contributed by atoms with van der Waals surface area (Å²) in [5.74, 6) is -1.82. The molecule has 15 nitrogen and oxygen atoms in total. The van der Waals surface area contributed by atoms with Crippen LogP contribution >= 0.6 is 0 Å². The molecule has 0 fully saturated rings. The van der Waals surface area contributed by atoms with Crippen LogP contribution in [0.3, 0.4) is 0 Å². The van der Waals surface area contributed by atoms with E-state index in [1.807, 2.05) is 0 Å². The highest BCUT2D eigenvalue weighted by atomic mass is 16.6. The van der Waals surface area contributed by atoms with E-state index in [-0.39, 0.29) is 82.4 Å². The van der Waals surface area contributed by atoms with E-state index in [1.54, 1.807) is 6.92 Å². The predicted molar refractivity (Wildman–Crippen MR) is 148 cm³/mol. The Hall–Kier alpha value is -4.56. The molecule has 0 aliphatic carbocycles. The number of hydrogen-bond donors (Lipinski definition) is 3. The van der Waals surface area contributed by atoms with Crippen molar-refractivity contribution in [3.63, 3.8) is 0 Å². The van der Waals surface area contributed by atoms with E-state index in [0.717, 1.165) is 0 Å². The Morgan fingerprint density at radius 3 is 1.00 bits per heavy atom. The van der Waals surface area contributed by atoms with Crippen LogP contribution in [0.1, 0.15) is 34.1 Å². The van der Waals surface area contributed by atoms with E-state index in [9.17, 15) is 28.8 Å². The van der Waals surface area contributed by atoms with Gasteiger partial charge in [0.1, 0.15) is 39.6 Å². The number of alkyl carbamates (subject to hydrolysis) is 3. The SMILES string of the molecule is C=C(C)C(=O)OCCNC(=O)OCC(CC)(COC(=O)NCCOC(=O)C(=C)C)COC(=O)NCCOC(=O)C(=C)C. The van der Waals surface area contributed by atoms with Crippen molar-refractivity contribution in [3.05, 3.63) is 36.5 Å². The maximum atomic E-state index is 12.2. The fourth-order valence-electron chi connectivity index (χ4n) is 2.50. The molecule has 0 aromatic carbocycles. The van der Waals surface area contributed by atoms with Gasteiger partial charge in [0.05, 0.1) is 25.0 Å². The molecule has 0 spiro atoms. The third-order valence-corrected chi connectivity index (χ3v) is 5.14. The fraction of sp³-hybridized carbons (Fsp3) is 0.556. The van der Waals surface area contributed by atoms with Gasteiger partial charge in [0.2, 0.25) is 0 Å². The minimum Gasteiger partial charge on any atom is -0.460 e. The maximum Gasteiger partial charge on any atom is 0.407 e. The quantitative estimate of drug-likeness (QED) is 0.0846. The molecule has 0 bridgehead atoms. The van der Waals surface area contributed by atoms with Crippen LogP contribution < -0.4 is 16.0 Å². The van der Waals surface area contributed by atoms with Gasteiger partial charge in [-0.1, -0.05) is 26.7 Å². The molecular formula is C27H41N3O12. The molecule has 0 heterocycles. The van der Waals surface area contributed by atoms with Gasteiger partial charge in [0.25, 0.3) is 0 Å². The number of rotatable bonds is 19. The van der Waals surface area contributed by atoms with Crippen LogP contribution in [0.2, 0.25) is 0 Å². The molecule has 0 saturated heterocycles. The first-order valence-corrected chi connectivity index (χ1v) is 12.9. The Morgan fingerprint density at radius 2 is 0.786 bits per heavy atom. The summed E-state index contributed by atoms with van der Waals surface area (Å²) in [6.07, 6.45) is -2.32. The summed E-state index contributed by atoms with van der Waals surface area (Å²) < 4.78 is 30.4. The van der Waals surface area contributed by atoms with E-state index in [4.69, 9.17) is 28.4 Å². The van der Waals surface area contributed by atoms with Gasteiger partial charge >= 0.3 is 36.2 Å². The number of ether oxygens (including phenoxy) is 6. The maximum absolute atomic E-state index is 12.2. The topological polar surface area (TPSA) is 194 Å². The number of carbonyl (C=O) groups is 6. The van der Waals surface area contributed by atoms with Crippen molar-refractivity contribution in [3.8, 4) is 0 Å². The second kappa shape index (κ2) is 20.3. The summed E-state index contributed by atoms with van der Waals surface area (Å²) in [4.78, 5) is 70.8. The minimum atomic E-state index is -1.16. The van der Waals surface area contributed by atoms with Gasteiger partial charge in [-0.15, -0.1) is 0 Å². The zero-order valence-corrected chi connectivity index (χ0v) is 24.6. The Bertz CT molecular complexity index is 887. The molecule has 0 unspecified atom stereocenters. The lowest BCUT2D eigenvalue weighted by Crippen LogP contribution is -2.43. The molecule has 0 saturated carbocycles. The fourth-order valence-corrected chi connectivity index (χ4v) is 2.50. The highest BCUT2D eigenvalue weighted by Gasteiger charge is 2.34. The predicted octanol–water partition coefficient (Wildman–Crippen LogP) is 1.92. The molecule has 0 aromatic rings. The summed E-state index contributed by atoms with van der Waals surface area (Å²) >= 11 is 0. The summed E-state index contributed by atoms with van der Waals surface area (Å²) in [6.45, 7) is 15.1. The third kappa shape index (κ3) is 17.2. The van der Waals surface area contributed by atoms with Crippen molar-refractivity contribution in [1.29, 1.82) is 0 Å². The van der Waals surface area contributed by atoms with Crippen LogP contribution in [0.5, 0.6) is 0 Å². The van der Waals surface area contributed by atoms with Crippen molar-refractivity contribution in [2.24, 2.45) is 5.41 Å². The van der Waals surface area contributed by atoms with Crippen molar-refractivity contribution in [1.82, 2.24) is 16.0 Å². The molecule has 236 valence electrons. The average molecular weight is 600 g/mol. The summed E-state index contributed by atoms with van der Waals surface area (Å²) in [6, 6.07) is 0. The van der Waals surface area contributed by atoms with E-state index >= 15 is 0 Å². The molecule has 0 aromatic heterocycles. The normalized spacial score (nSPS) is 10.3. The molecule has 0 atom stereocenters. The van der Waals surface area contributed by atoms with Crippen LogP contribution in [-0.4, -0.2) is 95.5 Å².